The van der Waals surface area contributed by atoms with E-state index >= 15 is 0 Å². The van der Waals surface area contributed by atoms with Gasteiger partial charge >= 0.3 is 5.97 Å². The second kappa shape index (κ2) is 6.24. The fourth-order valence-corrected chi connectivity index (χ4v) is 2.98. The Balaban J connectivity index is 3.44. The van der Waals surface area contributed by atoms with Gasteiger partial charge in [-0.25, -0.2) is 22.0 Å². The Labute approximate surface area is 124 Å². The first kappa shape index (κ1) is 17.1. The average molecular weight is 347 g/mol. The van der Waals surface area contributed by atoms with Crippen LogP contribution in [-0.2, 0) is 13.8 Å². The summed E-state index contributed by atoms with van der Waals surface area (Å²) >= 11 is 5.62. The highest BCUT2D eigenvalue weighted by Gasteiger charge is 2.29. The molecule has 0 aromatic heterocycles. The molecule has 0 spiro atoms. The molecule has 0 amide bonds. The maximum absolute atomic E-state index is 13.5. The van der Waals surface area contributed by atoms with Gasteiger partial charge in [-0.2, -0.15) is 0 Å². The largest absolute Gasteiger partial charge is 0.459 e. The van der Waals surface area contributed by atoms with Crippen molar-refractivity contribution < 1.29 is 26.7 Å². The lowest BCUT2D eigenvalue weighted by Gasteiger charge is -2.13. The first-order chi connectivity index (χ1) is 9.09. The molecule has 1 atom stereocenters. The summed E-state index contributed by atoms with van der Waals surface area (Å²) in [5.41, 5.74) is -0.606. The Hall–Kier alpha value is -0.920. The zero-order valence-electron chi connectivity index (χ0n) is 10.4. The molecule has 0 bridgehead atoms. The Morgan fingerprint density at radius 3 is 2.45 bits per heavy atom. The smallest absolute Gasteiger partial charge is 0.340 e. The van der Waals surface area contributed by atoms with Crippen LogP contribution in [-0.4, -0.2) is 20.5 Å². The van der Waals surface area contributed by atoms with Gasteiger partial charge in [-0.1, -0.05) is 18.5 Å². The van der Waals surface area contributed by atoms with E-state index in [-0.39, 0.29) is 0 Å². The van der Waals surface area contributed by atoms with Crippen molar-refractivity contribution in [3.63, 3.8) is 0 Å². The first-order valence-corrected chi connectivity index (χ1v) is 8.11. The van der Waals surface area contributed by atoms with E-state index in [0.29, 0.717) is 12.5 Å². The highest BCUT2D eigenvalue weighted by Crippen LogP contribution is 2.33. The van der Waals surface area contributed by atoms with Crippen molar-refractivity contribution in [2.75, 3.05) is 0 Å². The molecule has 0 saturated heterocycles. The van der Waals surface area contributed by atoms with Crippen LogP contribution in [0.15, 0.2) is 11.0 Å². The van der Waals surface area contributed by atoms with Crippen LogP contribution in [0.2, 0.25) is 5.02 Å². The molecule has 0 aliphatic heterocycles. The van der Waals surface area contributed by atoms with E-state index in [1.165, 1.54) is 0 Å². The molecule has 0 heterocycles. The normalized spacial score (nSPS) is 13.1. The summed E-state index contributed by atoms with van der Waals surface area (Å²) in [5, 5.41) is -0.813. The van der Waals surface area contributed by atoms with Crippen molar-refractivity contribution in [2.24, 2.45) is 0 Å². The van der Waals surface area contributed by atoms with Gasteiger partial charge in [0.25, 0.3) is 9.05 Å². The summed E-state index contributed by atoms with van der Waals surface area (Å²) in [7, 11) is 0.321. The molecule has 1 unspecified atom stereocenters. The van der Waals surface area contributed by atoms with Crippen molar-refractivity contribution in [2.45, 2.75) is 31.3 Å². The number of benzene rings is 1. The van der Waals surface area contributed by atoms with Crippen molar-refractivity contribution in [3.05, 3.63) is 28.3 Å². The van der Waals surface area contributed by atoms with Gasteiger partial charge in [0, 0.05) is 10.7 Å². The van der Waals surface area contributed by atoms with E-state index in [1.807, 2.05) is 0 Å². The third-order valence-electron chi connectivity index (χ3n) is 2.46. The van der Waals surface area contributed by atoms with Crippen LogP contribution in [0, 0.1) is 11.6 Å². The van der Waals surface area contributed by atoms with Crippen molar-refractivity contribution in [1.29, 1.82) is 0 Å². The van der Waals surface area contributed by atoms with Crippen LogP contribution in [0.5, 0.6) is 0 Å². The maximum atomic E-state index is 13.5. The Morgan fingerprint density at radius 1 is 1.45 bits per heavy atom. The molecule has 0 fully saturated rings. The van der Waals surface area contributed by atoms with Crippen LogP contribution in [0.4, 0.5) is 8.78 Å². The van der Waals surface area contributed by atoms with Crippen LogP contribution in [0.3, 0.4) is 0 Å². The van der Waals surface area contributed by atoms with E-state index in [9.17, 15) is 22.0 Å². The molecule has 0 N–H and O–H groups in total. The molecule has 9 heteroatoms. The van der Waals surface area contributed by atoms with Gasteiger partial charge < -0.3 is 4.74 Å². The number of halogens is 4. The number of hydrogen-bond acceptors (Lipinski definition) is 4. The van der Waals surface area contributed by atoms with E-state index in [1.54, 1.807) is 13.8 Å². The van der Waals surface area contributed by atoms with Gasteiger partial charge in [-0.05, 0) is 19.4 Å². The van der Waals surface area contributed by atoms with Crippen molar-refractivity contribution in [3.8, 4) is 0 Å². The predicted molar refractivity (Wildman–Crippen MR) is 69.6 cm³/mol. The monoisotopic (exact) mass is 346 g/mol. The first-order valence-electron chi connectivity index (χ1n) is 5.42. The molecular weight excluding hydrogens is 337 g/mol. The molecule has 1 aromatic rings. The van der Waals surface area contributed by atoms with Crippen LogP contribution >= 0.6 is 22.3 Å². The molecule has 0 radical (unpaired) electrons. The fourth-order valence-electron chi connectivity index (χ4n) is 1.27. The van der Waals surface area contributed by atoms with Crippen LogP contribution < -0.4 is 0 Å². The van der Waals surface area contributed by atoms with Crippen LogP contribution in [0.25, 0.3) is 0 Å². The Kier molecular flexibility index (Phi) is 5.34. The predicted octanol–water partition coefficient (Wildman–Crippen LogP) is 3.50. The summed E-state index contributed by atoms with van der Waals surface area (Å²) in [6.45, 7) is 3.31. The number of ether oxygens (including phenoxy) is 1. The van der Waals surface area contributed by atoms with Gasteiger partial charge in [-0.15, -0.1) is 0 Å². The zero-order valence-corrected chi connectivity index (χ0v) is 12.7. The zero-order chi connectivity index (χ0) is 15.7. The standard InChI is InChI=1S/C11H10Cl2F2O4S/c1-3-5(2)19-11(16)6-4-7(14)9(15)10(8(6)12)20(13,17)18/h4-5H,3H2,1-2H3. The topological polar surface area (TPSA) is 60.4 Å². The molecular formula is C11H10Cl2F2O4S. The highest BCUT2D eigenvalue weighted by molar-refractivity contribution is 8.13. The maximum Gasteiger partial charge on any atom is 0.340 e. The van der Waals surface area contributed by atoms with E-state index in [4.69, 9.17) is 27.0 Å². The second-order valence-electron chi connectivity index (χ2n) is 3.93. The second-order valence-corrected chi connectivity index (χ2v) is 6.81. The molecule has 1 aromatic carbocycles. The lowest BCUT2D eigenvalue weighted by molar-refractivity contribution is 0.0333. The number of hydrogen-bond donors (Lipinski definition) is 0. The van der Waals surface area contributed by atoms with Gasteiger partial charge in [0.15, 0.2) is 11.6 Å². The van der Waals surface area contributed by atoms with Gasteiger partial charge in [0.2, 0.25) is 0 Å². The molecule has 20 heavy (non-hydrogen) atoms. The third kappa shape index (κ3) is 3.59. The SMILES string of the molecule is CCC(C)OC(=O)c1cc(F)c(F)c(S(=O)(=O)Cl)c1Cl. The molecule has 1 rings (SSSR count). The summed E-state index contributed by atoms with van der Waals surface area (Å²) in [6.07, 6.45) is -0.0176. The van der Waals surface area contributed by atoms with Gasteiger partial charge in [0.1, 0.15) is 4.90 Å². The lowest BCUT2D eigenvalue weighted by Crippen LogP contribution is -2.16. The van der Waals surface area contributed by atoms with Gasteiger partial charge in [-0.3, -0.25) is 0 Å². The molecule has 4 nitrogen and oxygen atoms in total. The van der Waals surface area contributed by atoms with E-state index in [2.05, 4.69) is 0 Å². The number of carbonyl (C=O) groups excluding carboxylic acids is 1. The summed E-state index contributed by atoms with van der Waals surface area (Å²) in [5.74, 6) is -4.38. The summed E-state index contributed by atoms with van der Waals surface area (Å²) in [6, 6.07) is 0.466. The van der Waals surface area contributed by atoms with Gasteiger partial charge in [0.05, 0.1) is 16.7 Å². The average Bonchev–Trinajstić information content (AvgIpc) is 2.31. The van der Waals surface area contributed by atoms with Crippen LogP contribution in [0.1, 0.15) is 30.6 Å². The Morgan fingerprint density at radius 2 is 2.00 bits per heavy atom. The summed E-state index contributed by atoms with van der Waals surface area (Å²) in [4.78, 5) is 10.5. The molecule has 0 aliphatic rings. The molecule has 0 saturated carbocycles. The molecule has 0 aliphatic carbocycles. The van der Waals surface area contributed by atoms with E-state index < -0.39 is 48.2 Å². The minimum Gasteiger partial charge on any atom is -0.459 e. The molecule has 112 valence electrons. The Bertz CT molecular complexity index is 646. The number of rotatable bonds is 4. The number of esters is 1. The van der Waals surface area contributed by atoms with Crippen molar-refractivity contribution in [1.82, 2.24) is 0 Å². The lowest BCUT2D eigenvalue weighted by atomic mass is 10.2. The van der Waals surface area contributed by atoms with E-state index in [0.717, 1.165) is 0 Å². The minimum absolute atomic E-state index is 0.466. The quantitative estimate of drug-likeness (QED) is 0.475. The number of carbonyl (C=O) groups is 1. The summed E-state index contributed by atoms with van der Waals surface area (Å²) < 4.78 is 54.1. The highest BCUT2D eigenvalue weighted by atomic mass is 35.7. The van der Waals surface area contributed by atoms with Crippen molar-refractivity contribution >= 4 is 37.3 Å². The minimum atomic E-state index is -4.66. The third-order valence-corrected chi connectivity index (χ3v) is 4.30. The fraction of sp³-hybridized carbons (Fsp3) is 0.364.